The van der Waals surface area contributed by atoms with E-state index in [0.717, 1.165) is 22.5 Å². The first-order chi connectivity index (χ1) is 17.4. The second kappa shape index (κ2) is 14.0. The molecule has 0 saturated heterocycles. The van der Waals surface area contributed by atoms with Crippen LogP contribution in [0.15, 0.2) is 78.9 Å². The molecule has 3 aromatic carbocycles. The Morgan fingerprint density at radius 3 is 2.39 bits per heavy atom. The van der Waals surface area contributed by atoms with Crippen molar-refractivity contribution in [2.75, 3.05) is 13.2 Å². The Balaban J connectivity index is 0.00000253. The third kappa shape index (κ3) is 7.44. The van der Waals surface area contributed by atoms with E-state index < -0.39 is 0 Å². The summed E-state index contributed by atoms with van der Waals surface area (Å²) in [6.45, 7) is 0.353. The molecule has 4 N–H and O–H groups in total. The molecule has 10 heteroatoms. The average molecular weight is 554 g/mol. The smallest absolute Gasteiger partial charge is 0.307 e. The van der Waals surface area contributed by atoms with Gasteiger partial charge in [-0.3, -0.25) is 15.0 Å². The molecular formula is C28H29Cl2N5O3. The predicted octanol–water partition coefficient (Wildman–Crippen LogP) is 4.74. The number of rotatable bonds is 9. The summed E-state index contributed by atoms with van der Waals surface area (Å²) < 4.78 is 7.13. The van der Waals surface area contributed by atoms with E-state index in [-0.39, 0.29) is 62.1 Å². The maximum atomic E-state index is 12.6. The molecule has 0 fully saturated rings. The van der Waals surface area contributed by atoms with E-state index in [0.29, 0.717) is 16.6 Å². The lowest BCUT2D eigenvalue weighted by atomic mass is 10.1. The minimum atomic E-state index is -0.381. The van der Waals surface area contributed by atoms with Gasteiger partial charge in [-0.05, 0) is 29.8 Å². The standard InChI is InChI=1S/C28H27N5O3.2ClH/c1-33-24-14-13-22(18-23(24)32-27(33)21-11-9-20(10-12-21)26(29)30)28(35)31-16-15-25(34)36-17-5-8-19-6-3-2-4-7-19;;/h2-14,18H,15-17H2,1H3,(H3,29,30)(H,31,35);2*1H. The summed E-state index contributed by atoms with van der Waals surface area (Å²) in [7, 11) is 1.91. The van der Waals surface area contributed by atoms with Gasteiger partial charge in [0.1, 0.15) is 18.3 Å². The molecule has 4 aromatic rings. The Bertz CT molecular complexity index is 1430. The van der Waals surface area contributed by atoms with Crippen LogP contribution in [0.2, 0.25) is 0 Å². The first-order valence-corrected chi connectivity index (χ1v) is 11.5. The quantitative estimate of drug-likeness (QED) is 0.157. The summed E-state index contributed by atoms with van der Waals surface area (Å²) in [5, 5.41) is 10.3. The Kier molecular flexibility index (Phi) is 11.1. The van der Waals surface area contributed by atoms with Gasteiger partial charge in [-0.2, -0.15) is 0 Å². The molecule has 0 aliphatic rings. The van der Waals surface area contributed by atoms with Crippen LogP contribution in [-0.2, 0) is 16.6 Å². The number of nitrogens with one attached hydrogen (secondary N) is 2. The molecular weight excluding hydrogens is 525 g/mol. The number of imidazole rings is 1. The summed E-state index contributed by atoms with van der Waals surface area (Å²) in [6.07, 6.45) is 3.74. The number of nitrogen functional groups attached to an aromatic ring is 1. The molecule has 8 nitrogen and oxygen atoms in total. The van der Waals surface area contributed by atoms with Gasteiger partial charge >= 0.3 is 5.97 Å². The van der Waals surface area contributed by atoms with Crippen molar-refractivity contribution in [1.29, 1.82) is 5.41 Å². The molecule has 0 unspecified atom stereocenters. The first-order valence-electron chi connectivity index (χ1n) is 11.5. The van der Waals surface area contributed by atoms with E-state index in [1.165, 1.54) is 0 Å². The van der Waals surface area contributed by atoms with Gasteiger partial charge in [0.25, 0.3) is 5.91 Å². The van der Waals surface area contributed by atoms with Gasteiger partial charge < -0.3 is 20.4 Å². The molecule has 198 valence electrons. The van der Waals surface area contributed by atoms with Crippen molar-refractivity contribution >= 4 is 59.6 Å². The van der Waals surface area contributed by atoms with Gasteiger partial charge in [-0.15, -0.1) is 24.8 Å². The minimum absolute atomic E-state index is 0. The number of ether oxygens (including phenoxy) is 1. The first kappa shape index (κ1) is 30.1. The predicted molar refractivity (Wildman–Crippen MR) is 155 cm³/mol. The second-order valence-corrected chi connectivity index (χ2v) is 8.19. The van der Waals surface area contributed by atoms with Crippen molar-refractivity contribution in [3.8, 4) is 11.4 Å². The number of esters is 1. The third-order valence-corrected chi connectivity index (χ3v) is 5.66. The molecule has 0 radical (unpaired) electrons. The molecule has 0 aliphatic heterocycles. The summed E-state index contributed by atoms with van der Waals surface area (Å²) >= 11 is 0. The van der Waals surface area contributed by atoms with Crippen LogP contribution in [0.4, 0.5) is 0 Å². The van der Waals surface area contributed by atoms with Crippen LogP contribution in [0.1, 0.15) is 27.9 Å². The highest BCUT2D eigenvalue weighted by Crippen LogP contribution is 2.24. The van der Waals surface area contributed by atoms with E-state index in [2.05, 4.69) is 10.3 Å². The zero-order chi connectivity index (χ0) is 25.5. The number of fused-ring (bicyclic) bond motifs is 1. The molecule has 38 heavy (non-hydrogen) atoms. The summed E-state index contributed by atoms with van der Waals surface area (Å²) in [5.41, 5.74) is 10.1. The van der Waals surface area contributed by atoms with Crippen LogP contribution in [0.3, 0.4) is 0 Å². The van der Waals surface area contributed by atoms with Crippen molar-refractivity contribution in [2.24, 2.45) is 12.8 Å². The fourth-order valence-electron chi connectivity index (χ4n) is 3.74. The number of carbonyl (C=O) groups is 2. The van der Waals surface area contributed by atoms with Crippen LogP contribution < -0.4 is 11.1 Å². The Morgan fingerprint density at radius 1 is 1.03 bits per heavy atom. The Morgan fingerprint density at radius 2 is 1.71 bits per heavy atom. The summed E-state index contributed by atoms with van der Waals surface area (Å²) in [6, 6.07) is 22.3. The Hall–Kier alpha value is -4.14. The zero-order valence-electron chi connectivity index (χ0n) is 20.7. The topological polar surface area (TPSA) is 123 Å². The largest absolute Gasteiger partial charge is 0.461 e. The van der Waals surface area contributed by atoms with Crippen LogP contribution in [0, 0.1) is 5.41 Å². The van der Waals surface area contributed by atoms with Gasteiger partial charge in [0, 0.05) is 30.3 Å². The molecule has 0 spiro atoms. The van der Waals surface area contributed by atoms with E-state index >= 15 is 0 Å². The number of nitrogens with two attached hydrogens (primary N) is 1. The number of nitrogens with zero attached hydrogens (tertiary/aromatic N) is 2. The number of hydrogen-bond acceptors (Lipinski definition) is 5. The molecule has 1 heterocycles. The summed E-state index contributed by atoms with van der Waals surface area (Å²) in [4.78, 5) is 29.2. The van der Waals surface area contributed by atoms with Gasteiger partial charge in [0.15, 0.2) is 0 Å². The number of amides is 1. The highest BCUT2D eigenvalue weighted by Gasteiger charge is 2.13. The minimum Gasteiger partial charge on any atom is -0.461 e. The van der Waals surface area contributed by atoms with Gasteiger partial charge in [-0.25, -0.2) is 4.98 Å². The van der Waals surface area contributed by atoms with Crippen molar-refractivity contribution in [3.63, 3.8) is 0 Å². The molecule has 0 saturated carbocycles. The molecule has 1 amide bonds. The van der Waals surface area contributed by atoms with E-state index in [1.54, 1.807) is 30.3 Å². The van der Waals surface area contributed by atoms with Crippen molar-refractivity contribution in [2.45, 2.75) is 6.42 Å². The number of aryl methyl sites for hydroxylation is 1. The van der Waals surface area contributed by atoms with Gasteiger partial charge in [0.2, 0.25) is 0 Å². The van der Waals surface area contributed by atoms with Crippen LogP contribution in [0.25, 0.3) is 28.5 Å². The number of benzene rings is 3. The van der Waals surface area contributed by atoms with Crippen LogP contribution in [0.5, 0.6) is 0 Å². The molecule has 0 bridgehead atoms. The highest BCUT2D eigenvalue weighted by atomic mass is 35.5. The summed E-state index contributed by atoms with van der Waals surface area (Å²) in [5.74, 6) is 0.0809. The fraction of sp³-hybridized carbons (Fsp3) is 0.143. The third-order valence-electron chi connectivity index (χ3n) is 5.66. The van der Waals surface area contributed by atoms with Gasteiger partial charge in [-0.1, -0.05) is 60.7 Å². The average Bonchev–Trinajstić information content (AvgIpc) is 3.23. The Labute approximate surface area is 233 Å². The fourth-order valence-corrected chi connectivity index (χ4v) is 3.74. The lowest BCUT2D eigenvalue weighted by molar-refractivity contribution is -0.142. The van der Waals surface area contributed by atoms with E-state index in [4.69, 9.17) is 15.9 Å². The number of hydrogen-bond donors (Lipinski definition) is 3. The molecule has 0 atom stereocenters. The number of halogens is 2. The highest BCUT2D eigenvalue weighted by molar-refractivity contribution is 5.98. The molecule has 1 aromatic heterocycles. The van der Waals surface area contributed by atoms with Crippen molar-refractivity contribution in [1.82, 2.24) is 14.9 Å². The van der Waals surface area contributed by atoms with Gasteiger partial charge in [0.05, 0.1) is 17.5 Å². The van der Waals surface area contributed by atoms with Crippen LogP contribution >= 0.6 is 24.8 Å². The van der Waals surface area contributed by atoms with E-state index in [9.17, 15) is 9.59 Å². The van der Waals surface area contributed by atoms with Crippen molar-refractivity contribution in [3.05, 3.63) is 95.6 Å². The maximum Gasteiger partial charge on any atom is 0.307 e. The lowest BCUT2D eigenvalue weighted by Gasteiger charge is -2.06. The second-order valence-electron chi connectivity index (χ2n) is 8.19. The monoisotopic (exact) mass is 553 g/mol. The number of carbonyl (C=O) groups excluding carboxylic acids is 2. The molecule has 0 aliphatic carbocycles. The normalized spacial score (nSPS) is 10.4. The molecule has 4 rings (SSSR count). The maximum absolute atomic E-state index is 12.6. The van der Waals surface area contributed by atoms with E-state index in [1.807, 2.05) is 66.2 Å². The van der Waals surface area contributed by atoms with Crippen LogP contribution in [-0.4, -0.2) is 40.4 Å². The number of aromatic nitrogens is 2. The zero-order valence-corrected chi connectivity index (χ0v) is 22.4. The number of amidine groups is 1. The lowest BCUT2D eigenvalue weighted by Crippen LogP contribution is -2.26. The van der Waals surface area contributed by atoms with Crippen molar-refractivity contribution < 1.29 is 14.3 Å². The SMILES string of the molecule is Cl.Cl.Cn1c(-c2ccc(C(=N)N)cc2)nc2cc(C(=O)NCCC(=O)OCC=Cc3ccccc3)ccc21.